The lowest BCUT2D eigenvalue weighted by molar-refractivity contribution is 0.0806. The Morgan fingerprint density at radius 2 is 2.05 bits per heavy atom. The van der Waals surface area contributed by atoms with Gasteiger partial charge in [-0.1, -0.05) is 19.1 Å². The summed E-state index contributed by atoms with van der Waals surface area (Å²) >= 11 is 0. The van der Waals surface area contributed by atoms with Crippen molar-refractivity contribution in [3.8, 4) is 0 Å². The van der Waals surface area contributed by atoms with Gasteiger partial charge in [0.05, 0.1) is 12.2 Å². The fourth-order valence-corrected chi connectivity index (χ4v) is 3.38. The number of hydrogen-bond acceptors (Lipinski definition) is 5. The van der Waals surface area contributed by atoms with E-state index in [0.717, 1.165) is 0 Å². The van der Waals surface area contributed by atoms with Crippen LogP contribution in [0.2, 0.25) is 0 Å². The van der Waals surface area contributed by atoms with Gasteiger partial charge in [-0.3, -0.25) is 4.79 Å². The number of carbonyl (C=O) groups is 2. The van der Waals surface area contributed by atoms with Gasteiger partial charge in [0, 0.05) is 0 Å². The molecule has 6 nitrogen and oxygen atoms in total. The Balaban J connectivity index is 2.49. The third-order valence-corrected chi connectivity index (χ3v) is 4.44. The second-order valence-corrected chi connectivity index (χ2v) is 5.89. The van der Waals surface area contributed by atoms with Crippen LogP contribution in [0.25, 0.3) is 0 Å². The van der Waals surface area contributed by atoms with E-state index in [9.17, 15) is 18.0 Å². The summed E-state index contributed by atoms with van der Waals surface area (Å²) < 4.78 is 29.2. The lowest BCUT2D eigenvalue weighted by Crippen LogP contribution is -2.36. The van der Waals surface area contributed by atoms with E-state index in [1.54, 1.807) is 19.9 Å². The Labute approximate surface area is 111 Å². The molecule has 1 aromatic carbocycles. The number of sulfonamides is 1. The van der Waals surface area contributed by atoms with Gasteiger partial charge in [0.15, 0.2) is 0 Å². The topological polar surface area (TPSA) is 80.8 Å². The normalized spacial score (nSPS) is 16.3. The standard InChI is InChI=1S/C12H13NO5S/c1-3-7-18-12(15)13-11(14)10-8(2)5-4-6-9(10)19(13,16)17/h4-6H,3,7H2,1-2H3. The van der Waals surface area contributed by atoms with Crippen LogP contribution < -0.4 is 0 Å². The molecule has 0 bridgehead atoms. The number of ether oxygens (including phenoxy) is 1. The van der Waals surface area contributed by atoms with Gasteiger partial charge in [-0.15, -0.1) is 4.31 Å². The van der Waals surface area contributed by atoms with Gasteiger partial charge in [0.25, 0.3) is 15.9 Å². The number of carbonyl (C=O) groups excluding carboxylic acids is 2. The van der Waals surface area contributed by atoms with Crippen molar-refractivity contribution < 1.29 is 22.7 Å². The number of nitrogens with zero attached hydrogens (tertiary/aromatic N) is 1. The lowest BCUT2D eigenvalue weighted by atomic mass is 10.1. The van der Waals surface area contributed by atoms with Gasteiger partial charge < -0.3 is 4.74 Å². The molecule has 2 rings (SSSR count). The highest BCUT2D eigenvalue weighted by atomic mass is 32.2. The van der Waals surface area contributed by atoms with E-state index < -0.39 is 22.0 Å². The Morgan fingerprint density at radius 3 is 2.63 bits per heavy atom. The van der Waals surface area contributed by atoms with Crippen LogP contribution >= 0.6 is 0 Å². The van der Waals surface area contributed by atoms with Crippen molar-refractivity contribution >= 4 is 22.0 Å². The molecule has 102 valence electrons. The molecule has 0 fully saturated rings. The summed E-state index contributed by atoms with van der Waals surface area (Å²) in [5.41, 5.74) is 0.549. The quantitative estimate of drug-likeness (QED) is 0.825. The minimum atomic E-state index is -4.14. The van der Waals surface area contributed by atoms with Crippen LogP contribution in [0.1, 0.15) is 29.3 Å². The molecule has 0 aromatic heterocycles. The third kappa shape index (κ3) is 1.99. The predicted octanol–water partition coefficient (Wildman–Crippen LogP) is 1.69. The molecule has 0 saturated heterocycles. The highest BCUT2D eigenvalue weighted by molar-refractivity contribution is 7.90. The second-order valence-electron chi connectivity index (χ2n) is 4.14. The van der Waals surface area contributed by atoms with E-state index >= 15 is 0 Å². The minimum Gasteiger partial charge on any atom is -0.448 e. The maximum Gasteiger partial charge on any atom is 0.431 e. The number of amides is 2. The zero-order valence-electron chi connectivity index (χ0n) is 10.5. The van der Waals surface area contributed by atoms with E-state index in [1.165, 1.54) is 12.1 Å². The summed E-state index contributed by atoms with van der Waals surface area (Å²) in [6, 6.07) is 4.45. The fraction of sp³-hybridized carbons (Fsp3) is 0.333. The van der Waals surface area contributed by atoms with E-state index in [4.69, 9.17) is 4.74 Å². The van der Waals surface area contributed by atoms with Crippen molar-refractivity contribution in [3.05, 3.63) is 29.3 Å². The van der Waals surface area contributed by atoms with Gasteiger partial charge in [0.2, 0.25) is 0 Å². The summed E-state index contributed by atoms with van der Waals surface area (Å²) in [7, 11) is -4.14. The highest BCUT2D eigenvalue weighted by Crippen LogP contribution is 2.32. The Hall–Kier alpha value is -1.89. The fourth-order valence-electron chi connectivity index (χ4n) is 1.87. The molecule has 1 aliphatic rings. The molecule has 0 saturated carbocycles. The molecule has 1 aliphatic heterocycles. The number of hydrogen-bond donors (Lipinski definition) is 0. The first-order valence-electron chi connectivity index (χ1n) is 5.77. The molecule has 1 heterocycles. The van der Waals surface area contributed by atoms with Gasteiger partial charge in [-0.25, -0.2) is 13.2 Å². The number of fused-ring (bicyclic) bond motifs is 1. The smallest absolute Gasteiger partial charge is 0.431 e. The summed E-state index contributed by atoms with van der Waals surface area (Å²) in [5, 5.41) is 0. The number of imide groups is 1. The van der Waals surface area contributed by atoms with Crippen LogP contribution in [0.15, 0.2) is 23.1 Å². The maximum absolute atomic E-state index is 12.2. The van der Waals surface area contributed by atoms with Crippen molar-refractivity contribution in [2.24, 2.45) is 0 Å². The van der Waals surface area contributed by atoms with Crippen molar-refractivity contribution in [1.29, 1.82) is 0 Å². The predicted molar refractivity (Wildman–Crippen MR) is 66.2 cm³/mol. The van der Waals surface area contributed by atoms with Crippen molar-refractivity contribution in [1.82, 2.24) is 4.31 Å². The molecule has 2 amide bonds. The summed E-state index contributed by atoms with van der Waals surface area (Å²) in [6.07, 6.45) is -0.609. The van der Waals surface area contributed by atoms with Gasteiger partial charge in [0.1, 0.15) is 4.90 Å². The SMILES string of the molecule is CCCOC(=O)N1C(=O)c2c(C)cccc2S1(=O)=O. The van der Waals surface area contributed by atoms with Crippen molar-refractivity contribution in [3.63, 3.8) is 0 Å². The molecule has 19 heavy (non-hydrogen) atoms. The first kappa shape index (κ1) is 13.5. The van der Waals surface area contributed by atoms with Gasteiger partial charge in [-0.2, -0.15) is 0 Å². The molecular weight excluding hydrogens is 270 g/mol. The molecule has 0 spiro atoms. The van der Waals surface area contributed by atoms with Crippen LogP contribution in [-0.4, -0.2) is 31.3 Å². The first-order valence-corrected chi connectivity index (χ1v) is 7.21. The summed E-state index contributed by atoms with van der Waals surface area (Å²) in [5.74, 6) is -0.853. The highest BCUT2D eigenvalue weighted by Gasteiger charge is 2.47. The number of aryl methyl sites for hydroxylation is 1. The lowest BCUT2D eigenvalue weighted by Gasteiger charge is -2.12. The average Bonchev–Trinajstić information content (AvgIpc) is 2.55. The van der Waals surface area contributed by atoms with Crippen molar-refractivity contribution in [2.45, 2.75) is 25.2 Å². The molecular formula is C12H13NO5S. The number of benzene rings is 1. The van der Waals surface area contributed by atoms with Gasteiger partial charge in [-0.05, 0) is 25.0 Å². The molecule has 7 heteroatoms. The maximum atomic E-state index is 12.2. The molecule has 0 atom stereocenters. The van der Waals surface area contributed by atoms with E-state index in [1.807, 2.05) is 0 Å². The molecule has 1 aromatic rings. The average molecular weight is 283 g/mol. The van der Waals surface area contributed by atoms with E-state index in [-0.39, 0.29) is 21.4 Å². The summed E-state index contributed by atoms with van der Waals surface area (Å²) in [6.45, 7) is 3.45. The van der Waals surface area contributed by atoms with Crippen LogP contribution in [0.4, 0.5) is 4.79 Å². The van der Waals surface area contributed by atoms with E-state index in [0.29, 0.717) is 12.0 Å². The zero-order valence-corrected chi connectivity index (χ0v) is 11.4. The Kier molecular flexibility index (Phi) is 3.32. The van der Waals surface area contributed by atoms with Crippen LogP contribution in [0, 0.1) is 6.92 Å². The monoisotopic (exact) mass is 283 g/mol. The zero-order chi connectivity index (χ0) is 14.2. The van der Waals surface area contributed by atoms with Crippen LogP contribution in [0.5, 0.6) is 0 Å². The minimum absolute atomic E-state index is 0.0379. The molecule has 0 unspecified atom stereocenters. The molecule has 0 aliphatic carbocycles. The number of rotatable bonds is 2. The third-order valence-electron chi connectivity index (χ3n) is 2.75. The van der Waals surface area contributed by atoms with Crippen LogP contribution in [-0.2, 0) is 14.8 Å². The van der Waals surface area contributed by atoms with Crippen LogP contribution in [0.3, 0.4) is 0 Å². The van der Waals surface area contributed by atoms with Crippen molar-refractivity contribution in [2.75, 3.05) is 6.61 Å². The largest absolute Gasteiger partial charge is 0.448 e. The second kappa shape index (κ2) is 4.65. The molecule has 0 N–H and O–H groups in total. The van der Waals surface area contributed by atoms with Gasteiger partial charge >= 0.3 is 6.09 Å². The van der Waals surface area contributed by atoms with E-state index in [2.05, 4.69) is 0 Å². The summed E-state index contributed by atoms with van der Waals surface area (Å²) in [4.78, 5) is 23.7. The Morgan fingerprint density at radius 1 is 1.37 bits per heavy atom. The molecule has 0 radical (unpaired) electrons. The first-order chi connectivity index (χ1) is 8.91. The Bertz CT molecular complexity index is 650.